The van der Waals surface area contributed by atoms with Gasteiger partial charge in [-0.2, -0.15) is 31.4 Å². The summed E-state index contributed by atoms with van der Waals surface area (Å²) in [6, 6.07) is 8.21. The van der Waals surface area contributed by atoms with Crippen LogP contribution in [0, 0.1) is 11.8 Å². The molecule has 1 aromatic carbocycles. The maximum absolute atomic E-state index is 13.8. The van der Waals surface area contributed by atoms with Gasteiger partial charge in [0.05, 0.1) is 16.1 Å². The van der Waals surface area contributed by atoms with Crippen molar-refractivity contribution in [1.82, 2.24) is 19.3 Å². The van der Waals surface area contributed by atoms with Crippen LogP contribution in [0.5, 0.6) is 0 Å². The van der Waals surface area contributed by atoms with Crippen LogP contribution in [0.3, 0.4) is 0 Å². The number of alkyl halides is 6. The number of sulfonamides is 1. The monoisotopic (exact) mass is 559 g/mol. The average Bonchev–Trinajstić information content (AvgIpc) is 3.47. The van der Waals surface area contributed by atoms with E-state index >= 15 is 0 Å². The first-order chi connectivity index (χ1) is 17.3. The fourth-order valence-electron chi connectivity index (χ4n) is 3.14. The van der Waals surface area contributed by atoms with Gasteiger partial charge < -0.3 is 5.73 Å². The Labute approximate surface area is 210 Å². The van der Waals surface area contributed by atoms with Gasteiger partial charge in [-0.1, -0.05) is 12.1 Å². The second-order valence-corrected chi connectivity index (χ2v) is 10.5. The third-order valence-corrected chi connectivity index (χ3v) is 7.78. The number of fused-ring (bicyclic) bond motifs is 1. The normalized spacial score (nSPS) is 12.5. The molecule has 4 aromatic rings. The molecule has 194 valence electrons. The molecule has 4 rings (SSSR count). The van der Waals surface area contributed by atoms with Crippen molar-refractivity contribution in [2.24, 2.45) is 5.73 Å². The van der Waals surface area contributed by atoms with Crippen molar-refractivity contribution in [3.05, 3.63) is 70.4 Å². The molecule has 0 aliphatic rings. The van der Waals surface area contributed by atoms with Crippen LogP contribution in [0.1, 0.15) is 21.8 Å². The minimum Gasteiger partial charge on any atom is -0.329 e. The first-order valence-corrected chi connectivity index (χ1v) is 12.5. The molecule has 0 spiro atoms. The van der Waals surface area contributed by atoms with Crippen molar-refractivity contribution in [1.29, 1.82) is 0 Å². The van der Waals surface area contributed by atoms with E-state index in [0.717, 1.165) is 35.6 Å². The van der Waals surface area contributed by atoms with Crippen molar-refractivity contribution in [2.75, 3.05) is 13.1 Å². The highest BCUT2D eigenvalue weighted by Gasteiger charge is 2.35. The smallest absolute Gasteiger partial charge is 0.329 e. The van der Waals surface area contributed by atoms with Gasteiger partial charge in [-0.3, -0.25) is 0 Å². The minimum atomic E-state index is -4.86. The molecule has 0 atom stereocenters. The lowest BCUT2D eigenvalue weighted by atomic mass is 10.1. The highest BCUT2D eigenvalue weighted by Crippen LogP contribution is 2.34. The molecule has 0 bridgehead atoms. The number of hydrogen-bond acceptors (Lipinski definition) is 6. The fourth-order valence-corrected chi connectivity index (χ4v) is 5.39. The van der Waals surface area contributed by atoms with Gasteiger partial charge in [0, 0.05) is 24.7 Å². The summed E-state index contributed by atoms with van der Waals surface area (Å²) in [5, 5.41) is 3.84. The van der Waals surface area contributed by atoms with Crippen molar-refractivity contribution >= 4 is 27.0 Å². The Morgan fingerprint density at radius 1 is 0.973 bits per heavy atom. The van der Waals surface area contributed by atoms with E-state index in [0.29, 0.717) is 15.5 Å². The topological polar surface area (TPSA) is 102 Å². The summed E-state index contributed by atoms with van der Waals surface area (Å²) < 4.78 is 107. The molecule has 3 aromatic heterocycles. The zero-order valence-electron chi connectivity index (χ0n) is 18.4. The highest BCUT2D eigenvalue weighted by molar-refractivity contribution is 7.91. The molecule has 0 aliphatic carbocycles. The molecule has 0 unspecified atom stereocenters. The van der Waals surface area contributed by atoms with Crippen LogP contribution in [-0.2, 0) is 22.4 Å². The zero-order valence-corrected chi connectivity index (χ0v) is 20.0. The Balaban J connectivity index is 1.70. The molecule has 0 amide bonds. The van der Waals surface area contributed by atoms with E-state index < -0.39 is 33.6 Å². The van der Waals surface area contributed by atoms with Crippen molar-refractivity contribution in [3.63, 3.8) is 0 Å². The van der Waals surface area contributed by atoms with Gasteiger partial charge in [0.2, 0.25) is 10.0 Å². The van der Waals surface area contributed by atoms with E-state index in [-0.39, 0.29) is 39.9 Å². The molecule has 37 heavy (non-hydrogen) atoms. The van der Waals surface area contributed by atoms with Crippen LogP contribution in [0.2, 0.25) is 0 Å². The Morgan fingerprint density at radius 2 is 1.68 bits per heavy atom. The number of thiophene rings is 1. The zero-order chi connectivity index (χ0) is 27.0. The number of nitrogens with zero attached hydrogens (tertiary/aromatic N) is 3. The summed E-state index contributed by atoms with van der Waals surface area (Å²) in [7, 11) is -3.77. The first kappa shape index (κ1) is 26.6. The van der Waals surface area contributed by atoms with Gasteiger partial charge in [-0.05, 0) is 42.2 Å². The number of nitrogens with two attached hydrogens (primary N) is 1. The van der Waals surface area contributed by atoms with E-state index in [1.54, 1.807) is 0 Å². The van der Waals surface area contributed by atoms with Crippen LogP contribution >= 0.6 is 11.3 Å². The van der Waals surface area contributed by atoms with Gasteiger partial charge in [0.1, 0.15) is 9.90 Å². The molecular formula is C22H15F6N5O2S2. The Bertz CT molecular complexity index is 1610. The number of benzene rings is 1. The largest absolute Gasteiger partial charge is 0.433 e. The Kier molecular flexibility index (Phi) is 7.04. The molecular weight excluding hydrogens is 544 g/mol. The number of nitrogens with one attached hydrogen (secondary N) is 1. The lowest BCUT2D eigenvalue weighted by Gasteiger charge is -2.11. The summed E-state index contributed by atoms with van der Waals surface area (Å²) in [5.74, 6) is 5.24. The number of hydrogen-bond donors (Lipinski definition) is 2. The van der Waals surface area contributed by atoms with E-state index in [2.05, 4.69) is 26.6 Å². The van der Waals surface area contributed by atoms with Crippen LogP contribution in [0.25, 0.3) is 16.9 Å². The van der Waals surface area contributed by atoms with Crippen LogP contribution in [0.15, 0.2) is 52.7 Å². The molecule has 0 saturated carbocycles. The molecule has 3 N–H and O–H groups in total. The van der Waals surface area contributed by atoms with Crippen molar-refractivity contribution in [3.8, 4) is 23.1 Å². The molecule has 0 saturated heterocycles. The van der Waals surface area contributed by atoms with E-state index in [1.165, 1.54) is 18.2 Å². The van der Waals surface area contributed by atoms with Crippen LogP contribution < -0.4 is 10.5 Å². The van der Waals surface area contributed by atoms with Gasteiger partial charge >= 0.3 is 12.4 Å². The second-order valence-electron chi connectivity index (χ2n) is 7.45. The lowest BCUT2D eigenvalue weighted by molar-refractivity contribution is -0.142. The van der Waals surface area contributed by atoms with Gasteiger partial charge in [0.15, 0.2) is 11.3 Å². The molecule has 0 aliphatic heterocycles. The first-order valence-electron chi connectivity index (χ1n) is 10.3. The molecule has 0 radical (unpaired) electrons. The number of rotatable bonds is 5. The van der Waals surface area contributed by atoms with Gasteiger partial charge in [-0.25, -0.2) is 22.6 Å². The Morgan fingerprint density at radius 3 is 2.30 bits per heavy atom. The summed E-state index contributed by atoms with van der Waals surface area (Å²) in [6.45, 7) is 0.158. The van der Waals surface area contributed by atoms with E-state index in [1.807, 2.05) is 0 Å². The lowest BCUT2D eigenvalue weighted by Crippen LogP contribution is -2.28. The summed E-state index contributed by atoms with van der Waals surface area (Å²) in [4.78, 5) is 4.43. The third kappa shape index (κ3) is 5.93. The standard InChI is InChI=1S/C22H15F6N5O2S2/c23-21(24,25)14-3-1-13(2-4-14)17-12-18(22(26,27)28)33-19(31-17)11-15(32-33)5-6-16-7-8-20(36-16)37(34,35)30-10-9-29/h1-4,7-8,11-12,30H,9-10,29H2. The molecule has 7 nitrogen and oxygen atoms in total. The third-order valence-electron chi connectivity index (χ3n) is 4.82. The quantitative estimate of drug-likeness (QED) is 0.283. The summed E-state index contributed by atoms with van der Waals surface area (Å²) in [6.07, 6.45) is -9.45. The SMILES string of the molecule is NCCNS(=O)(=O)c1ccc(C#Cc2cc3nc(-c4ccc(C(F)(F)F)cc4)cc(C(F)(F)F)n3n2)s1. The number of aromatic nitrogens is 3. The fraction of sp³-hybridized carbons (Fsp3) is 0.182. The van der Waals surface area contributed by atoms with Gasteiger partial charge in [0.25, 0.3) is 0 Å². The van der Waals surface area contributed by atoms with Crippen LogP contribution in [-0.4, -0.2) is 36.1 Å². The summed E-state index contributed by atoms with van der Waals surface area (Å²) in [5.41, 5.74) is 2.68. The average molecular weight is 560 g/mol. The highest BCUT2D eigenvalue weighted by atomic mass is 32.2. The molecule has 3 heterocycles. The maximum Gasteiger partial charge on any atom is 0.433 e. The second kappa shape index (κ2) is 9.78. The van der Waals surface area contributed by atoms with Crippen molar-refractivity contribution in [2.45, 2.75) is 16.6 Å². The van der Waals surface area contributed by atoms with Gasteiger partial charge in [-0.15, -0.1) is 11.3 Å². The number of halogens is 6. The van der Waals surface area contributed by atoms with E-state index in [9.17, 15) is 34.8 Å². The van der Waals surface area contributed by atoms with Crippen LogP contribution in [0.4, 0.5) is 26.3 Å². The van der Waals surface area contributed by atoms with E-state index in [4.69, 9.17) is 5.73 Å². The minimum absolute atomic E-state index is 0.0116. The predicted molar refractivity (Wildman–Crippen MR) is 123 cm³/mol. The summed E-state index contributed by atoms with van der Waals surface area (Å²) >= 11 is 0.851. The van der Waals surface area contributed by atoms with Crippen molar-refractivity contribution < 1.29 is 34.8 Å². The molecule has 0 fully saturated rings. The Hall–Kier alpha value is -3.45. The predicted octanol–water partition coefficient (Wildman–Crippen LogP) is 4.13. The molecule has 15 heteroatoms. The maximum atomic E-state index is 13.8.